The third-order valence-electron chi connectivity index (χ3n) is 4.94. The third kappa shape index (κ3) is 4.38. The van der Waals surface area contributed by atoms with E-state index in [0.717, 1.165) is 43.5 Å². The summed E-state index contributed by atoms with van der Waals surface area (Å²) in [5.74, 6) is 1.80. The molecule has 1 N–H and O–H groups in total. The van der Waals surface area contributed by atoms with Crippen LogP contribution in [0.3, 0.4) is 0 Å². The number of rotatable bonds is 5. The lowest BCUT2D eigenvalue weighted by molar-refractivity contribution is -0.121. The topological polar surface area (TPSA) is 38.3 Å². The molecule has 3 nitrogen and oxygen atoms in total. The lowest BCUT2D eigenvalue weighted by atomic mass is 9.79. The van der Waals surface area contributed by atoms with Gasteiger partial charge < -0.3 is 10.1 Å². The van der Waals surface area contributed by atoms with Crippen LogP contribution >= 0.6 is 0 Å². The van der Waals surface area contributed by atoms with Crippen molar-refractivity contribution in [3.8, 4) is 5.75 Å². The summed E-state index contributed by atoms with van der Waals surface area (Å²) in [6, 6.07) is 18.2. The van der Waals surface area contributed by atoms with Crippen LogP contribution in [0.1, 0.15) is 31.2 Å². The van der Waals surface area contributed by atoms with E-state index in [2.05, 4.69) is 35.6 Å². The average molecular weight is 323 g/mol. The van der Waals surface area contributed by atoms with E-state index in [0.29, 0.717) is 5.92 Å². The smallest absolute Gasteiger partial charge is 0.227 e. The maximum atomic E-state index is 12.4. The highest BCUT2D eigenvalue weighted by molar-refractivity contribution is 5.92. The van der Waals surface area contributed by atoms with Crippen LogP contribution in [0.2, 0.25) is 0 Å². The normalized spacial score (nSPS) is 20.4. The van der Waals surface area contributed by atoms with Crippen LogP contribution in [-0.2, 0) is 11.2 Å². The first-order valence-corrected chi connectivity index (χ1v) is 8.73. The summed E-state index contributed by atoms with van der Waals surface area (Å²) in [7, 11) is 1.64. The zero-order valence-electron chi connectivity index (χ0n) is 14.2. The predicted molar refractivity (Wildman–Crippen MR) is 97.2 cm³/mol. The van der Waals surface area contributed by atoms with E-state index in [1.807, 2.05) is 24.3 Å². The molecule has 2 aromatic rings. The number of carbonyl (C=O) groups excluding carboxylic acids is 1. The average Bonchev–Trinajstić information content (AvgIpc) is 2.64. The van der Waals surface area contributed by atoms with Crippen molar-refractivity contribution in [3.05, 3.63) is 60.2 Å². The number of methoxy groups -OCH3 is 1. The molecule has 2 aromatic carbocycles. The van der Waals surface area contributed by atoms with Crippen molar-refractivity contribution in [1.29, 1.82) is 0 Å². The minimum absolute atomic E-state index is 0.138. The van der Waals surface area contributed by atoms with Crippen LogP contribution in [0, 0.1) is 11.8 Å². The number of anilines is 1. The van der Waals surface area contributed by atoms with Crippen LogP contribution < -0.4 is 10.1 Å². The molecule has 1 amide bonds. The Morgan fingerprint density at radius 3 is 2.29 bits per heavy atom. The first-order valence-electron chi connectivity index (χ1n) is 8.73. The maximum Gasteiger partial charge on any atom is 0.227 e. The summed E-state index contributed by atoms with van der Waals surface area (Å²) in [6.07, 6.45) is 5.37. The second kappa shape index (κ2) is 8.00. The van der Waals surface area contributed by atoms with E-state index in [-0.39, 0.29) is 11.8 Å². The quantitative estimate of drug-likeness (QED) is 0.867. The molecule has 0 unspecified atom stereocenters. The molecule has 1 fully saturated rings. The molecule has 1 aliphatic rings. The van der Waals surface area contributed by atoms with Crippen molar-refractivity contribution in [1.82, 2.24) is 0 Å². The van der Waals surface area contributed by atoms with Crippen molar-refractivity contribution >= 4 is 11.6 Å². The predicted octanol–water partition coefficient (Wildman–Crippen LogP) is 4.68. The van der Waals surface area contributed by atoms with Gasteiger partial charge in [-0.3, -0.25) is 4.79 Å². The number of ether oxygens (including phenoxy) is 1. The molecule has 0 aromatic heterocycles. The molecule has 0 aliphatic heterocycles. The molecular weight excluding hydrogens is 298 g/mol. The fourth-order valence-corrected chi connectivity index (χ4v) is 3.49. The van der Waals surface area contributed by atoms with Crippen molar-refractivity contribution in [2.24, 2.45) is 11.8 Å². The van der Waals surface area contributed by atoms with Crippen LogP contribution in [0.25, 0.3) is 0 Å². The number of hydrogen-bond donors (Lipinski definition) is 1. The molecular formula is C21H25NO2. The Labute approximate surface area is 144 Å². The molecule has 126 valence electrons. The fourth-order valence-electron chi connectivity index (χ4n) is 3.49. The number of benzene rings is 2. The van der Waals surface area contributed by atoms with Crippen LogP contribution in [0.15, 0.2) is 54.6 Å². The Balaban J connectivity index is 1.47. The van der Waals surface area contributed by atoms with E-state index in [9.17, 15) is 4.79 Å². The minimum atomic E-state index is 0.138. The molecule has 24 heavy (non-hydrogen) atoms. The Hall–Kier alpha value is -2.29. The van der Waals surface area contributed by atoms with E-state index in [1.165, 1.54) is 5.56 Å². The summed E-state index contributed by atoms with van der Waals surface area (Å²) in [4.78, 5) is 12.4. The van der Waals surface area contributed by atoms with Crippen molar-refractivity contribution < 1.29 is 9.53 Å². The van der Waals surface area contributed by atoms with E-state index < -0.39 is 0 Å². The van der Waals surface area contributed by atoms with Gasteiger partial charge in [-0.05, 0) is 67.9 Å². The van der Waals surface area contributed by atoms with Gasteiger partial charge in [0, 0.05) is 11.6 Å². The van der Waals surface area contributed by atoms with Gasteiger partial charge in [0.05, 0.1) is 7.11 Å². The molecule has 3 heteroatoms. The van der Waals surface area contributed by atoms with Gasteiger partial charge in [0.25, 0.3) is 0 Å². The number of nitrogens with one attached hydrogen (secondary N) is 1. The number of carbonyl (C=O) groups is 1. The lowest BCUT2D eigenvalue weighted by Gasteiger charge is -2.27. The third-order valence-corrected chi connectivity index (χ3v) is 4.94. The summed E-state index contributed by atoms with van der Waals surface area (Å²) >= 11 is 0. The zero-order valence-corrected chi connectivity index (χ0v) is 14.2. The van der Waals surface area contributed by atoms with Crippen molar-refractivity contribution in [2.45, 2.75) is 32.1 Å². The number of hydrogen-bond acceptors (Lipinski definition) is 2. The SMILES string of the molecule is COc1ccc(NC(=O)C2CCC(Cc3ccccc3)CC2)cc1. The first-order chi connectivity index (χ1) is 11.7. The highest BCUT2D eigenvalue weighted by atomic mass is 16.5. The number of amides is 1. The van der Waals surface area contributed by atoms with Gasteiger partial charge in [-0.2, -0.15) is 0 Å². The Morgan fingerprint density at radius 2 is 1.67 bits per heavy atom. The highest BCUT2D eigenvalue weighted by Crippen LogP contribution is 2.32. The summed E-state index contributed by atoms with van der Waals surface area (Å²) in [5, 5.41) is 3.03. The first kappa shape index (κ1) is 16.6. The van der Waals surface area contributed by atoms with Gasteiger partial charge in [-0.15, -0.1) is 0 Å². The monoisotopic (exact) mass is 323 g/mol. The largest absolute Gasteiger partial charge is 0.497 e. The highest BCUT2D eigenvalue weighted by Gasteiger charge is 2.26. The Bertz CT molecular complexity index is 643. The summed E-state index contributed by atoms with van der Waals surface area (Å²) < 4.78 is 5.14. The minimum Gasteiger partial charge on any atom is -0.497 e. The molecule has 3 rings (SSSR count). The van der Waals surface area contributed by atoms with Gasteiger partial charge in [-0.1, -0.05) is 30.3 Å². The molecule has 0 saturated heterocycles. The van der Waals surface area contributed by atoms with Crippen LogP contribution in [0.4, 0.5) is 5.69 Å². The van der Waals surface area contributed by atoms with Gasteiger partial charge in [0.2, 0.25) is 5.91 Å². The zero-order chi connectivity index (χ0) is 16.8. The second-order valence-corrected chi connectivity index (χ2v) is 6.63. The van der Waals surface area contributed by atoms with Gasteiger partial charge in [-0.25, -0.2) is 0 Å². The molecule has 0 radical (unpaired) electrons. The van der Waals surface area contributed by atoms with E-state index in [1.54, 1.807) is 7.11 Å². The fraction of sp³-hybridized carbons (Fsp3) is 0.381. The van der Waals surface area contributed by atoms with Gasteiger partial charge in [0.15, 0.2) is 0 Å². The van der Waals surface area contributed by atoms with E-state index in [4.69, 9.17) is 4.74 Å². The van der Waals surface area contributed by atoms with Crippen LogP contribution in [0.5, 0.6) is 5.75 Å². The molecule has 0 bridgehead atoms. The molecule has 1 aliphatic carbocycles. The second-order valence-electron chi connectivity index (χ2n) is 6.63. The van der Waals surface area contributed by atoms with Crippen LogP contribution in [-0.4, -0.2) is 13.0 Å². The Kier molecular flexibility index (Phi) is 5.52. The van der Waals surface area contributed by atoms with E-state index >= 15 is 0 Å². The molecule has 0 spiro atoms. The summed E-state index contributed by atoms with van der Waals surface area (Å²) in [6.45, 7) is 0. The standard InChI is InChI=1S/C21H25NO2/c1-24-20-13-11-19(12-14-20)22-21(23)18-9-7-17(8-10-18)15-16-5-3-2-4-6-16/h2-6,11-14,17-18H,7-10,15H2,1H3,(H,22,23). The maximum absolute atomic E-state index is 12.4. The van der Waals surface area contributed by atoms with Crippen molar-refractivity contribution in [3.63, 3.8) is 0 Å². The lowest BCUT2D eigenvalue weighted by Crippen LogP contribution is -2.27. The molecule has 0 heterocycles. The van der Waals surface area contributed by atoms with Gasteiger partial charge in [0.1, 0.15) is 5.75 Å². The summed E-state index contributed by atoms with van der Waals surface area (Å²) in [5.41, 5.74) is 2.25. The Morgan fingerprint density at radius 1 is 1.00 bits per heavy atom. The molecule has 0 atom stereocenters. The molecule has 1 saturated carbocycles. The van der Waals surface area contributed by atoms with Crippen molar-refractivity contribution in [2.75, 3.05) is 12.4 Å². The van der Waals surface area contributed by atoms with Gasteiger partial charge >= 0.3 is 0 Å².